The van der Waals surface area contributed by atoms with Crippen molar-refractivity contribution in [1.82, 2.24) is 0 Å². The summed E-state index contributed by atoms with van der Waals surface area (Å²) in [5.74, 6) is -0.303. The fourth-order valence-corrected chi connectivity index (χ4v) is 0.422. The fraction of sp³-hybridized carbons (Fsp3) is 0.769. The second-order valence-corrected chi connectivity index (χ2v) is 15.1. The maximum absolute atomic E-state index is 10.1. The van der Waals surface area contributed by atoms with Crippen molar-refractivity contribution in [2.45, 2.75) is 58.9 Å². The molecule has 0 aliphatic carbocycles. The topological polar surface area (TPSA) is 26.3 Å². The van der Waals surface area contributed by atoms with Crippen LogP contribution < -0.4 is 0 Å². The molecule has 6 radical (unpaired) electrons. The number of carbonyl (C=O) groups is 1. The van der Waals surface area contributed by atoms with Crippen LogP contribution in [-0.4, -0.2) is 56.0 Å². The van der Waals surface area contributed by atoms with Gasteiger partial charge in [0.25, 0.3) is 0 Å². The quantitative estimate of drug-likeness (QED) is 0.393. The van der Waals surface area contributed by atoms with Gasteiger partial charge in [-0.15, -0.1) is 0 Å². The molecule has 0 N–H and O–H groups in total. The number of carbonyl (C=O) groups excluding carboxylic acids is 1. The third-order valence-corrected chi connectivity index (χ3v) is 0.770. The van der Waals surface area contributed by atoms with Gasteiger partial charge >= 0.3 is 50.1 Å². The molecule has 2 nitrogen and oxygen atoms in total. The van der Waals surface area contributed by atoms with Crippen LogP contribution >= 0.6 is 0 Å². The minimum absolute atomic E-state index is 0.120. The maximum atomic E-state index is 10.1. The van der Waals surface area contributed by atoms with Gasteiger partial charge in [-0.2, -0.15) is 0 Å². The molecule has 0 heterocycles. The van der Waals surface area contributed by atoms with Crippen LogP contribution in [0.5, 0.6) is 0 Å². The first kappa shape index (κ1) is 27.7. The molecule has 0 spiro atoms. The predicted molar refractivity (Wildman–Crippen MR) is 96.9 cm³/mol. The van der Waals surface area contributed by atoms with Gasteiger partial charge in [-0.1, -0.05) is 58.9 Å². The molecular weight excluding hydrogens is 345 g/mol. The van der Waals surface area contributed by atoms with Crippen molar-refractivity contribution in [2.24, 2.45) is 0 Å². The van der Waals surface area contributed by atoms with Crippen LogP contribution in [0, 0.1) is 0 Å². The number of rotatable bonds is 1. The Balaban J connectivity index is -0.0000000825. The summed E-state index contributed by atoms with van der Waals surface area (Å²) in [4.78, 5) is 11.7. The molecule has 6 heteroatoms. The van der Waals surface area contributed by atoms with Gasteiger partial charge in [0.1, 0.15) is 0 Å². The predicted octanol–water partition coefficient (Wildman–Crippen LogP) is 3.95. The smallest absolute Gasteiger partial charge is 0.0379 e. The summed E-state index contributed by atoms with van der Waals surface area (Å²) in [6.07, 6.45) is 1.36. The average molecular weight is 377 g/mol. The molecule has 112 valence electrons. The molecule has 0 saturated heterocycles. The molecule has 0 atom stereocenters. The first-order valence-electron chi connectivity index (χ1n) is 6.23. The molecule has 0 amide bonds. The van der Waals surface area contributed by atoms with Crippen LogP contribution in [0.1, 0.15) is 0 Å². The Kier molecular flexibility index (Phi) is 34.2. The number of hydrogen-bond acceptors (Lipinski definition) is 2. The summed E-state index contributed by atoms with van der Waals surface area (Å²) in [5, 5.41) is 0. The van der Waals surface area contributed by atoms with E-state index in [1.54, 1.807) is 21.4 Å². The summed E-state index contributed by atoms with van der Waals surface area (Å²) in [6.45, 7) is 20.4. The van der Waals surface area contributed by atoms with Crippen molar-refractivity contribution < 1.29 is 9.53 Å². The van der Waals surface area contributed by atoms with Gasteiger partial charge in [0.05, 0.1) is 0 Å². The van der Waals surface area contributed by atoms with Crippen LogP contribution in [-0.2, 0) is 9.53 Å². The minimum Gasteiger partial charge on any atom is -0.0715 e. The van der Waals surface area contributed by atoms with E-state index in [2.05, 4.69) is 63.7 Å². The SMILES string of the molecule is COC(=O)/C=[CH]\[Ge].C[Si](C)C.C[Si](C)C.C[Si](C)C. The number of esters is 1. The first-order valence-corrected chi connectivity index (χ1v) is 16.4. The first-order chi connectivity index (χ1) is 8.50. The van der Waals surface area contributed by atoms with E-state index in [0.29, 0.717) is 0 Å². The second-order valence-electron chi connectivity index (χ2n) is 5.36. The van der Waals surface area contributed by atoms with Gasteiger partial charge in [0.15, 0.2) is 0 Å². The van der Waals surface area contributed by atoms with E-state index in [1.165, 1.54) is 13.2 Å². The van der Waals surface area contributed by atoms with Crippen LogP contribution in [0.25, 0.3) is 0 Å². The normalized spacial score (nSPS) is 9.16. The van der Waals surface area contributed by atoms with E-state index in [-0.39, 0.29) is 32.4 Å². The number of ether oxygens (including phenoxy) is 1. The molecule has 0 aromatic carbocycles. The Morgan fingerprint density at radius 1 is 0.842 bits per heavy atom. The van der Waals surface area contributed by atoms with Gasteiger partial charge in [0.2, 0.25) is 0 Å². The average Bonchev–Trinajstić information content (AvgIpc) is 2.15. The second kappa shape index (κ2) is 23.5. The van der Waals surface area contributed by atoms with Crippen molar-refractivity contribution in [3.63, 3.8) is 0 Å². The van der Waals surface area contributed by atoms with Crippen molar-refractivity contribution in [3.05, 3.63) is 11.0 Å². The summed E-state index contributed by atoms with van der Waals surface area (Å²) in [7, 11) is 1.71. The van der Waals surface area contributed by atoms with E-state index in [9.17, 15) is 4.79 Å². The standard InChI is InChI=1S/C4H5GeO2.3C3H9Si/c1-7-4(6)2-3-5;3*1-4(2)3/h2-3H,1H3;3*1-3H3/b3-2-;;;. The molecular formula is C13H32GeO2Si3. The Morgan fingerprint density at radius 3 is 1.11 bits per heavy atom. The summed E-state index contributed by atoms with van der Waals surface area (Å²) in [5.41, 5.74) is 0. The van der Waals surface area contributed by atoms with Gasteiger partial charge in [-0.25, -0.2) is 0 Å². The Morgan fingerprint density at radius 2 is 1.05 bits per heavy atom. The zero-order valence-corrected chi connectivity index (χ0v) is 19.6. The van der Waals surface area contributed by atoms with Crippen LogP contribution in [0.2, 0.25) is 58.9 Å². The zero-order valence-electron chi connectivity index (χ0n) is 14.5. The fourth-order valence-electron chi connectivity index (χ4n) is 0.136. The molecule has 19 heavy (non-hydrogen) atoms. The summed E-state index contributed by atoms with van der Waals surface area (Å²) < 4.78 is 4.26. The largest absolute Gasteiger partial charge is 0.0715 e. The molecule has 0 aromatic rings. The summed E-state index contributed by atoms with van der Waals surface area (Å²) in [6, 6.07) is 0. The molecule has 0 rings (SSSR count). The Hall–Kier alpha value is 0.404. The summed E-state index contributed by atoms with van der Waals surface area (Å²) >= 11 is 1.76. The van der Waals surface area contributed by atoms with Gasteiger partial charge in [-0.05, 0) is 0 Å². The molecule has 0 aliphatic heterocycles. The van der Waals surface area contributed by atoms with Crippen LogP contribution in [0.4, 0.5) is 0 Å². The zero-order chi connectivity index (χ0) is 16.4. The third-order valence-electron chi connectivity index (χ3n) is 0.421. The van der Waals surface area contributed by atoms with E-state index in [4.69, 9.17) is 0 Å². The molecule has 0 saturated carbocycles. The number of hydrogen-bond donors (Lipinski definition) is 0. The van der Waals surface area contributed by atoms with Gasteiger partial charge < -0.3 is 0 Å². The Labute approximate surface area is 135 Å². The van der Waals surface area contributed by atoms with Gasteiger partial charge in [-0.3, -0.25) is 0 Å². The van der Waals surface area contributed by atoms with E-state index < -0.39 is 0 Å². The van der Waals surface area contributed by atoms with Crippen molar-refractivity contribution in [2.75, 3.05) is 7.11 Å². The minimum atomic E-state index is -0.303. The molecule has 0 bridgehead atoms. The van der Waals surface area contributed by atoms with E-state index in [1.807, 2.05) is 0 Å². The third kappa shape index (κ3) is 170. The van der Waals surface area contributed by atoms with Crippen LogP contribution in [0.3, 0.4) is 0 Å². The van der Waals surface area contributed by atoms with Gasteiger partial charge in [0, 0.05) is 26.4 Å². The van der Waals surface area contributed by atoms with E-state index in [0.717, 1.165) is 0 Å². The monoisotopic (exact) mass is 378 g/mol. The molecule has 0 unspecified atom stereocenters. The molecule has 0 aliphatic rings. The van der Waals surface area contributed by atoms with Crippen molar-refractivity contribution in [3.8, 4) is 0 Å². The van der Waals surface area contributed by atoms with Crippen molar-refractivity contribution in [1.29, 1.82) is 0 Å². The Bertz CT molecular complexity index is 174. The van der Waals surface area contributed by atoms with E-state index >= 15 is 0 Å². The number of methoxy groups -OCH3 is 1. The maximum Gasteiger partial charge on any atom is 0.0379 e. The molecule has 0 aromatic heterocycles. The van der Waals surface area contributed by atoms with Crippen LogP contribution in [0.15, 0.2) is 11.0 Å². The molecule has 0 fully saturated rings. The van der Waals surface area contributed by atoms with Crippen molar-refractivity contribution >= 4 is 48.9 Å².